The first-order valence-electron chi connectivity index (χ1n) is 3.13. The third-order valence-corrected chi connectivity index (χ3v) is 1.36. The third-order valence-electron chi connectivity index (χ3n) is 1.36. The lowest BCUT2D eigenvalue weighted by atomic mass is 9.82. The number of halogens is 3. The van der Waals surface area contributed by atoms with Crippen molar-refractivity contribution in [3.05, 3.63) is 23.9 Å². The predicted octanol–water partition coefficient (Wildman–Crippen LogP) is 1.44. The number of hydrogen-bond acceptors (Lipinski definition) is 1. The molecule has 0 atom stereocenters. The summed E-state index contributed by atoms with van der Waals surface area (Å²) in [6, 6.07) is 2.89. The van der Waals surface area contributed by atoms with Crippen molar-refractivity contribution >= 4 is 12.6 Å². The standard InChI is InChI=1S/C6H6BF3N/c1-5-3-2-4-11-6(5)7(8,9)10/h2-4H,1H3/q-1. The van der Waals surface area contributed by atoms with E-state index in [2.05, 4.69) is 4.98 Å². The number of rotatable bonds is 1. The first-order chi connectivity index (χ1) is 5.02. The molecule has 11 heavy (non-hydrogen) atoms. The van der Waals surface area contributed by atoms with E-state index in [4.69, 9.17) is 0 Å². The zero-order valence-corrected chi connectivity index (χ0v) is 5.89. The van der Waals surface area contributed by atoms with Gasteiger partial charge in [0.15, 0.2) is 0 Å². The molecule has 0 amide bonds. The summed E-state index contributed by atoms with van der Waals surface area (Å²) in [5.74, 6) is 0. The van der Waals surface area contributed by atoms with Crippen molar-refractivity contribution in [2.75, 3.05) is 0 Å². The van der Waals surface area contributed by atoms with Gasteiger partial charge < -0.3 is 12.9 Å². The molecule has 0 radical (unpaired) electrons. The normalized spacial score (nSPS) is 11.6. The van der Waals surface area contributed by atoms with Crippen molar-refractivity contribution in [3.63, 3.8) is 0 Å². The minimum atomic E-state index is -4.94. The Morgan fingerprint density at radius 2 is 2.00 bits per heavy atom. The Labute approximate surface area is 62.3 Å². The lowest BCUT2D eigenvalue weighted by molar-refractivity contribution is 0.498. The van der Waals surface area contributed by atoms with Gasteiger partial charge in [-0.25, -0.2) is 0 Å². The molecule has 0 aliphatic heterocycles. The monoisotopic (exact) mass is 160 g/mol. The highest BCUT2D eigenvalue weighted by Crippen LogP contribution is 2.08. The van der Waals surface area contributed by atoms with Gasteiger partial charge in [-0.1, -0.05) is 11.6 Å². The summed E-state index contributed by atoms with van der Waals surface area (Å²) in [5, 5.41) is 0. The maximum Gasteiger partial charge on any atom is 0.527 e. The van der Waals surface area contributed by atoms with Crippen LogP contribution in [-0.4, -0.2) is 12.0 Å². The lowest BCUT2D eigenvalue weighted by Gasteiger charge is -2.15. The van der Waals surface area contributed by atoms with Crippen LogP contribution in [0.4, 0.5) is 12.9 Å². The Balaban J connectivity index is 3.14. The second-order valence-corrected chi connectivity index (χ2v) is 2.28. The fourth-order valence-electron chi connectivity index (χ4n) is 0.841. The van der Waals surface area contributed by atoms with Gasteiger partial charge in [0.25, 0.3) is 0 Å². The van der Waals surface area contributed by atoms with Gasteiger partial charge >= 0.3 is 6.98 Å². The Bertz CT molecular complexity index is 258. The molecular weight excluding hydrogens is 154 g/mol. The third kappa shape index (κ3) is 1.72. The van der Waals surface area contributed by atoms with E-state index in [-0.39, 0.29) is 5.56 Å². The van der Waals surface area contributed by atoms with Gasteiger partial charge in [-0.3, -0.25) is 4.98 Å². The van der Waals surface area contributed by atoms with Crippen LogP contribution in [-0.2, 0) is 0 Å². The van der Waals surface area contributed by atoms with Crippen LogP contribution in [0.25, 0.3) is 0 Å². The van der Waals surface area contributed by atoms with E-state index >= 15 is 0 Å². The SMILES string of the molecule is Cc1cccnc1[B-](F)(F)F. The van der Waals surface area contributed by atoms with Crippen LogP contribution in [0.2, 0.25) is 0 Å². The molecule has 1 nitrogen and oxygen atoms in total. The maximum absolute atomic E-state index is 12.0. The van der Waals surface area contributed by atoms with Crippen LogP contribution < -0.4 is 5.59 Å². The van der Waals surface area contributed by atoms with Crippen LogP contribution >= 0.6 is 0 Å². The van der Waals surface area contributed by atoms with Crippen LogP contribution in [0.5, 0.6) is 0 Å². The van der Waals surface area contributed by atoms with Gasteiger partial charge in [0.2, 0.25) is 0 Å². The first-order valence-corrected chi connectivity index (χ1v) is 3.13. The number of hydrogen-bond donors (Lipinski definition) is 0. The fourth-order valence-corrected chi connectivity index (χ4v) is 0.841. The molecule has 0 unspecified atom stereocenters. The van der Waals surface area contributed by atoms with Gasteiger partial charge in [-0.05, 0) is 18.6 Å². The summed E-state index contributed by atoms with van der Waals surface area (Å²) in [6.45, 7) is -3.54. The molecule has 0 N–H and O–H groups in total. The highest BCUT2D eigenvalue weighted by molar-refractivity contribution is 6.73. The maximum atomic E-state index is 12.0. The number of aromatic nitrogens is 1. The van der Waals surface area contributed by atoms with E-state index in [0.29, 0.717) is 0 Å². The van der Waals surface area contributed by atoms with E-state index in [1.54, 1.807) is 0 Å². The largest absolute Gasteiger partial charge is 0.527 e. The zero-order valence-electron chi connectivity index (χ0n) is 5.89. The summed E-state index contributed by atoms with van der Waals surface area (Å²) in [7, 11) is 0. The summed E-state index contributed by atoms with van der Waals surface area (Å²) in [4.78, 5) is 3.25. The van der Waals surface area contributed by atoms with Crippen molar-refractivity contribution in [3.8, 4) is 0 Å². The van der Waals surface area contributed by atoms with Crippen molar-refractivity contribution < 1.29 is 12.9 Å². The first kappa shape index (κ1) is 8.10. The van der Waals surface area contributed by atoms with Crippen molar-refractivity contribution in [2.45, 2.75) is 6.92 Å². The van der Waals surface area contributed by atoms with Gasteiger partial charge in [0, 0.05) is 6.20 Å². The molecule has 1 rings (SSSR count). The molecule has 0 aromatic carbocycles. The molecule has 0 saturated carbocycles. The molecular formula is C6H6BF3N-. The number of pyridine rings is 1. The molecule has 0 fully saturated rings. The average Bonchev–Trinajstić information content (AvgIpc) is 1.86. The molecule has 1 aromatic heterocycles. The van der Waals surface area contributed by atoms with Crippen molar-refractivity contribution in [1.29, 1.82) is 0 Å². The van der Waals surface area contributed by atoms with Crippen LogP contribution in [0.3, 0.4) is 0 Å². The van der Waals surface area contributed by atoms with Gasteiger partial charge in [-0.15, -0.1) is 0 Å². The molecule has 0 bridgehead atoms. The zero-order chi connectivity index (χ0) is 8.48. The summed E-state index contributed by atoms with van der Waals surface area (Å²) < 4.78 is 36.1. The molecule has 1 heterocycles. The lowest BCUT2D eigenvalue weighted by Crippen LogP contribution is -2.38. The molecule has 60 valence electrons. The molecule has 1 aromatic rings. The fraction of sp³-hybridized carbons (Fsp3) is 0.167. The average molecular weight is 160 g/mol. The highest BCUT2D eigenvalue weighted by atomic mass is 19.4. The van der Waals surface area contributed by atoms with Gasteiger partial charge in [-0.2, -0.15) is 0 Å². The van der Waals surface area contributed by atoms with Gasteiger partial charge in [0.05, 0.1) is 0 Å². The van der Waals surface area contributed by atoms with E-state index in [1.807, 2.05) is 0 Å². The van der Waals surface area contributed by atoms with E-state index in [0.717, 1.165) is 6.20 Å². The Kier molecular flexibility index (Phi) is 1.89. The molecule has 0 spiro atoms. The van der Waals surface area contributed by atoms with Crippen molar-refractivity contribution in [1.82, 2.24) is 4.98 Å². The Hall–Kier alpha value is -0.995. The molecule has 5 heteroatoms. The molecule has 0 aliphatic rings. The van der Waals surface area contributed by atoms with Crippen LogP contribution in [0, 0.1) is 6.92 Å². The predicted molar refractivity (Wildman–Crippen MR) is 37.7 cm³/mol. The molecule has 0 aliphatic carbocycles. The van der Waals surface area contributed by atoms with Crippen molar-refractivity contribution in [2.24, 2.45) is 0 Å². The minimum absolute atomic E-state index is 0.181. The Morgan fingerprint density at radius 3 is 2.36 bits per heavy atom. The minimum Gasteiger partial charge on any atom is -0.444 e. The number of aryl methyl sites for hydroxylation is 1. The topological polar surface area (TPSA) is 12.9 Å². The van der Waals surface area contributed by atoms with E-state index in [9.17, 15) is 12.9 Å². The summed E-state index contributed by atoms with van der Waals surface area (Å²) >= 11 is 0. The second kappa shape index (κ2) is 2.56. The van der Waals surface area contributed by atoms with E-state index < -0.39 is 12.6 Å². The number of nitrogens with zero attached hydrogens (tertiary/aromatic N) is 1. The second-order valence-electron chi connectivity index (χ2n) is 2.28. The van der Waals surface area contributed by atoms with Crippen LogP contribution in [0.15, 0.2) is 18.3 Å². The Morgan fingerprint density at radius 1 is 1.36 bits per heavy atom. The smallest absolute Gasteiger partial charge is 0.444 e. The van der Waals surface area contributed by atoms with Crippen LogP contribution in [0.1, 0.15) is 5.56 Å². The summed E-state index contributed by atoms with van der Waals surface area (Å²) in [6.07, 6.45) is 1.15. The summed E-state index contributed by atoms with van der Waals surface area (Å²) in [5.41, 5.74) is -0.562. The quantitative estimate of drug-likeness (QED) is 0.566. The van der Waals surface area contributed by atoms with Gasteiger partial charge in [0.1, 0.15) is 0 Å². The molecule has 0 saturated heterocycles. The van der Waals surface area contributed by atoms with E-state index in [1.165, 1.54) is 19.1 Å². The highest BCUT2D eigenvalue weighted by Gasteiger charge is 2.28.